The molecule has 0 saturated heterocycles. The van der Waals surface area contributed by atoms with Crippen LogP contribution in [-0.2, 0) is 10.8 Å². The van der Waals surface area contributed by atoms with Gasteiger partial charge in [-0.1, -0.05) is 46.8 Å². The first-order valence-corrected chi connectivity index (χ1v) is 8.17. The van der Waals surface area contributed by atoms with Crippen molar-refractivity contribution in [2.45, 2.75) is 83.1 Å². The van der Waals surface area contributed by atoms with E-state index in [9.17, 15) is 0 Å². The molecule has 2 aliphatic carbocycles. The molecule has 0 bridgehead atoms. The van der Waals surface area contributed by atoms with E-state index in [2.05, 4.69) is 46.8 Å². The van der Waals surface area contributed by atoms with Crippen LogP contribution >= 0.6 is 0 Å². The molecule has 0 aliphatic heterocycles. The van der Waals surface area contributed by atoms with Gasteiger partial charge in [0.15, 0.2) is 0 Å². The minimum Gasteiger partial charge on any atom is -0.324 e. The summed E-state index contributed by atoms with van der Waals surface area (Å²) < 4.78 is 0. The Hall–Kier alpha value is -0.820. The van der Waals surface area contributed by atoms with Crippen LogP contribution in [0.4, 0.5) is 0 Å². The van der Waals surface area contributed by atoms with Crippen molar-refractivity contribution in [3.63, 3.8) is 0 Å². The number of hydrogen-bond donors (Lipinski definition) is 1. The molecule has 0 saturated carbocycles. The van der Waals surface area contributed by atoms with Crippen molar-refractivity contribution >= 4 is 0 Å². The molecule has 2 atom stereocenters. The van der Waals surface area contributed by atoms with Crippen molar-refractivity contribution in [3.05, 3.63) is 34.4 Å². The van der Waals surface area contributed by atoms with Crippen LogP contribution in [0.5, 0.6) is 0 Å². The number of fused-ring (bicyclic) bond motifs is 2. The highest BCUT2D eigenvalue weighted by molar-refractivity contribution is 5.49. The lowest BCUT2D eigenvalue weighted by atomic mass is 9.61. The lowest BCUT2D eigenvalue weighted by Crippen LogP contribution is -2.35. The zero-order valence-corrected chi connectivity index (χ0v) is 13.7. The quantitative estimate of drug-likeness (QED) is 0.711. The Morgan fingerprint density at radius 3 is 1.95 bits per heavy atom. The molecule has 1 aromatic rings. The van der Waals surface area contributed by atoms with E-state index in [0.717, 1.165) is 6.42 Å². The third-order valence-electron chi connectivity index (χ3n) is 5.90. The van der Waals surface area contributed by atoms with E-state index in [1.54, 1.807) is 11.1 Å². The van der Waals surface area contributed by atoms with Crippen molar-refractivity contribution in [1.82, 2.24) is 0 Å². The van der Waals surface area contributed by atoms with Crippen LogP contribution in [0.1, 0.15) is 94.5 Å². The molecule has 3 rings (SSSR count). The first-order valence-electron chi connectivity index (χ1n) is 8.17. The third kappa shape index (κ3) is 2.02. The fourth-order valence-electron chi connectivity index (χ4n) is 4.14. The highest BCUT2D eigenvalue weighted by atomic mass is 14.6. The van der Waals surface area contributed by atoms with Crippen LogP contribution in [0.2, 0.25) is 0 Å². The monoisotopic (exact) mass is 271 g/mol. The van der Waals surface area contributed by atoms with Crippen molar-refractivity contribution in [2.24, 2.45) is 5.73 Å². The first kappa shape index (κ1) is 14.1. The molecule has 1 unspecified atom stereocenters. The van der Waals surface area contributed by atoms with Gasteiger partial charge in [-0.3, -0.25) is 0 Å². The summed E-state index contributed by atoms with van der Waals surface area (Å²) in [5.41, 5.74) is 13.1. The highest BCUT2D eigenvalue weighted by Gasteiger charge is 2.38. The zero-order valence-electron chi connectivity index (χ0n) is 13.7. The topological polar surface area (TPSA) is 26.0 Å². The van der Waals surface area contributed by atoms with E-state index in [4.69, 9.17) is 5.73 Å². The summed E-state index contributed by atoms with van der Waals surface area (Å²) in [4.78, 5) is 0. The van der Waals surface area contributed by atoms with Gasteiger partial charge < -0.3 is 5.73 Å². The van der Waals surface area contributed by atoms with E-state index >= 15 is 0 Å². The van der Waals surface area contributed by atoms with Crippen molar-refractivity contribution in [2.75, 3.05) is 0 Å². The molecule has 2 aliphatic rings. The third-order valence-corrected chi connectivity index (χ3v) is 5.90. The van der Waals surface area contributed by atoms with Gasteiger partial charge in [0, 0.05) is 6.04 Å². The summed E-state index contributed by atoms with van der Waals surface area (Å²) >= 11 is 0. The predicted octanol–water partition coefficient (Wildman–Crippen LogP) is 4.93. The second kappa shape index (κ2) is 4.34. The Morgan fingerprint density at radius 2 is 1.40 bits per heavy atom. The number of nitrogens with two attached hydrogens (primary N) is 1. The standard InChI is InChI=1S/C19H29N/c1-12-6-7-17(20)14-11-16-15(10-13(12)14)18(2,3)8-9-19(16,4)5/h10-12,17H,6-9,20H2,1-5H3/t12?,17-/m1/s1. The molecule has 110 valence electrons. The van der Waals surface area contributed by atoms with Gasteiger partial charge in [-0.25, -0.2) is 0 Å². The van der Waals surface area contributed by atoms with Gasteiger partial charge in [-0.15, -0.1) is 0 Å². The SMILES string of the molecule is CC1CC[C@@H](N)c2cc3c(cc21)C(C)(C)CCC3(C)C. The predicted molar refractivity (Wildman–Crippen MR) is 86.3 cm³/mol. The van der Waals surface area contributed by atoms with Gasteiger partial charge in [0.05, 0.1) is 0 Å². The minimum atomic E-state index is 0.243. The van der Waals surface area contributed by atoms with Crippen LogP contribution in [0.3, 0.4) is 0 Å². The summed E-state index contributed by atoms with van der Waals surface area (Å²) in [6, 6.07) is 5.22. The summed E-state index contributed by atoms with van der Waals surface area (Å²) in [5.74, 6) is 0.663. The first-order chi connectivity index (χ1) is 9.22. The van der Waals surface area contributed by atoms with Gasteiger partial charge in [0.2, 0.25) is 0 Å². The maximum atomic E-state index is 6.40. The number of rotatable bonds is 0. The van der Waals surface area contributed by atoms with Gasteiger partial charge in [-0.05, 0) is 64.7 Å². The molecule has 1 heteroatoms. The van der Waals surface area contributed by atoms with Gasteiger partial charge in [0.25, 0.3) is 0 Å². The molecule has 0 aromatic heterocycles. The Kier molecular flexibility index (Phi) is 3.06. The van der Waals surface area contributed by atoms with E-state index in [1.165, 1.54) is 30.4 Å². The fraction of sp³-hybridized carbons (Fsp3) is 0.684. The largest absolute Gasteiger partial charge is 0.324 e. The highest BCUT2D eigenvalue weighted by Crippen LogP contribution is 2.49. The van der Waals surface area contributed by atoms with E-state index in [0.29, 0.717) is 16.7 Å². The van der Waals surface area contributed by atoms with Crippen molar-refractivity contribution in [3.8, 4) is 0 Å². The van der Waals surface area contributed by atoms with Gasteiger partial charge in [0.1, 0.15) is 0 Å². The maximum absolute atomic E-state index is 6.40. The zero-order chi connectivity index (χ0) is 14.7. The van der Waals surface area contributed by atoms with E-state index in [-0.39, 0.29) is 6.04 Å². The molecule has 1 nitrogen and oxygen atoms in total. The lowest BCUT2D eigenvalue weighted by Gasteiger charge is -2.43. The summed E-state index contributed by atoms with van der Waals surface area (Å²) in [6.07, 6.45) is 4.93. The van der Waals surface area contributed by atoms with Crippen LogP contribution in [0, 0.1) is 0 Å². The summed E-state index contributed by atoms with van der Waals surface area (Å²) in [6.45, 7) is 12.0. The van der Waals surface area contributed by atoms with Gasteiger partial charge >= 0.3 is 0 Å². The molecule has 0 spiro atoms. The van der Waals surface area contributed by atoms with Crippen LogP contribution < -0.4 is 5.73 Å². The normalized spacial score (nSPS) is 30.5. The molecular weight excluding hydrogens is 242 g/mol. The summed E-state index contributed by atoms with van der Waals surface area (Å²) in [5, 5.41) is 0. The minimum absolute atomic E-state index is 0.243. The molecule has 2 N–H and O–H groups in total. The number of hydrogen-bond acceptors (Lipinski definition) is 1. The second-order valence-electron chi connectivity index (χ2n) is 8.38. The Labute approximate surface area is 124 Å². The van der Waals surface area contributed by atoms with Crippen LogP contribution in [0.15, 0.2) is 12.1 Å². The fourth-order valence-corrected chi connectivity index (χ4v) is 4.14. The maximum Gasteiger partial charge on any atom is 0.0298 e. The van der Waals surface area contributed by atoms with E-state index < -0.39 is 0 Å². The van der Waals surface area contributed by atoms with Crippen molar-refractivity contribution in [1.29, 1.82) is 0 Å². The summed E-state index contributed by atoms with van der Waals surface area (Å²) in [7, 11) is 0. The second-order valence-corrected chi connectivity index (χ2v) is 8.38. The molecule has 1 aromatic carbocycles. The molecule has 0 amide bonds. The Balaban J connectivity index is 2.25. The lowest BCUT2D eigenvalue weighted by molar-refractivity contribution is 0.330. The molecule has 0 radical (unpaired) electrons. The van der Waals surface area contributed by atoms with Crippen LogP contribution in [-0.4, -0.2) is 0 Å². The van der Waals surface area contributed by atoms with E-state index in [1.807, 2.05) is 0 Å². The molecule has 20 heavy (non-hydrogen) atoms. The molecular formula is C19H29N. The average Bonchev–Trinajstić information content (AvgIpc) is 2.39. The molecule has 0 fully saturated rings. The Bertz CT molecular complexity index is 490. The Morgan fingerprint density at radius 1 is 0.900 bits per heavy atom. The average molecular weight is 271 g/mol. The van der Waals surface area contributed by atoms with Crippen molar-refractivity contribution < 1.29 is 0 Å². The smallest absolute Gasteiger partial charge is 0.0298 e. The van der Waals surface area contributed by atoms with Crippen LogP contribution in [0.25, 0.3) is 0 Å². The molecule has 0 heterocycles. The number of benzene rings is 1. The van der Waals surface area contributed by atoms with Gasteiger partial charge in [-0.2, -0.15) is 0 Å².